The number of hydrogen-bond donors (Lipinski definition) is 2. The van der Waals surface area contributed by atoms with E-state index in [0.717, 1.165) is 44.4 Å². The monoisotopic (exact) mass is 358 g/mol. The molecule has 1 aliphatic carbocycles. The Balaban J connectivity index is 1.59. The molecule has 25 heavy (non-hydrogen) atoms. The van der Waals surface area contributed by atoms with Gasteiger partial charge in [0, 0.05) is 30.7 Å². The molecule has 8 heteroatoms. The summed E-state index contributed by atoms with van der Waals surface area (Å²) in [5.74, 6) is -0.663. The number of benzene rings is 1. The first-order chi connectivity index (χ1) is 11.8. The first-order valence-electron chi connectivity index (χ1n) is 8.40. The molecule has 1 unspecified atom stereocenters. The lowest BCUT2D eigenvalue weighted by atomic mass is 10.1. The Labute approximate surface area is 143 Å². The summed E-state index contributed by atoms with van der Waals surface area (Å²) >= 11 is 0. The van der Waals surface area contributed by atoms with Gasteiger partial charge in [-0.05, 0) is 49.9 Å². The number of carbonyl (C=O) groups is 1. The van der Waals surface area contributed by atoms with Crippen molar-refractivity contribution in [2.45, 2.75) is 50.2 Å². The zero-order valence-electron chi connectivity index (χ0n) is 13.6. The number of carbonyl (C=O) groups excluding carboxylic acids is 1. The van der Waals surface area contributed by atoms with Crippen molar-refractivity contribution in [3.63, 3.8) is 0 Å². The molecule has 0 radical (unpaired) electrons. The molecule has 138 valence electrons. The summed E-state index contributed by atoms with van der Waals surface area (Å²) in [6.07, 6.45) is -1.48. The fourth-order valence-corrected chi connectivity index (χ4v) is 3.67. The van der Waals surface area contributed by atoms with Gasteiger partial charge in [0.25, 0.3) is 5.91 Å². The van der Waals surface area contributed by atoms with Crippen LogP contribution in [0.1, 0.15) is 36.0 Å². The first kappa shape index (κ1) is 18.0. The number of nitrogens with zero attached hydrogens (tertiary/aromatic N) is 1. The van der Waals surface area contributed by atoms with Crippen molar-refractivity contribution in [3.8, 4) is 5.75 Å². The number of amides is 1. The van der Waals surface area contributed by atoms with Gasteiger partial charge in [-0.3, -0.25) is 9.69 Å². The molecule has 2 aliphatic rings. The SMILES string of the molecule is O=C(N[C@@H]1CCC[C@@H]1N1CCC(O)C1)c1ccc(OC(F)(F)F)cc1. The average Bonchev–Trinajstić information content (AvgIpc) is 3.15. The third-order valence-electron chi connectivity index (χ3n) is 4.81. The summed E-state index contributed by atoms with van der Waals surface area (Å²) in [7, 11) is 0. The number of hydrogen-bond acceptors (Lipinski definition) is 4. The number of aliphatic hydroxyl groups is 1. The molecule has 1 amide bonds. The zero-order valence-corrected chi connectivity index (χ0v) is 13.6. The Bertz CT molecular complexity index is 606. The van der Waals surface area contributed by atoms with Crippen LogP contribution in [0.3, 0.4) is 0 Å². The van der Waals surface area contributed by atoms with Crippen LogP contribution in [0.2, 0.25) is 0 Å². The van der Waals surface area contributed by atoms with Crippen LogP contribution < -0.4 is 10.1 Å². The normalized spacial score (nSPS) is 27.4. The average molecular weight is 358 g/mol. The van der Waals surface area contributed by atoms with Crippen molar-refractivity contribution in [2.75, 3.05) is 13.1 Å². The van der Waals surface area contributed by atoms with Crippen LogP contribution in [0.5, 0.6) is 5.75 Å². The number of halogens is 3. The molecule has 2 N–H and O–H groups in total. The van der Waals surface area contributed by atoms with Crippen LogP contribution in [-0.2, 0) is 0 Å². The van der Waals surface area contributed by atoms with Gasteiger partial charge in [-0.1, -0.05) is 0 Å². The van der Waals surface area contributed by atoms with Gasteiger partial charge in [-0.15, -0.1) is 13.2 Å². The number of β-amino-alcohol motifs (C(OH)–C–C–N with tert-alkyl or cyclic N) is 1. The van der Waals surface area contributed by atoms with Crippen molar-refractivity contribution in [2.24, 2.45) is 0 Å². The van der Waals surface area contributed by atoms with Gasteiger partial charge in [0.2, 0.25) is 0 Å². The Hall–Kier alpha value is -1.80. The summed E-state index contributed by atoms with van der Waals surface area (Å²) in [5.41, 5.74) is 0.293. The van der Waals surface area contributed by atoms with Crippen LogP contribution in [0.4, 0.5) is 13.2 Å². The summed E-state index contributed by atoms with van der Waals surface area (Å²) in [6, 6.07) is 5.09. The molecule has 1 aromatic carbocycles. The van der Waals surface area contributed by atoms with Gasteiger partial charge < -0.3 is 15.2 Å². The predicted octanol–water partition coefficient (Wildman–Crippen LogP) is 2.30. The van der Waals surface area contributed by atoms with E-state index in [1.54, 1.807) is 0 Å². The zero-order chi connectivity index (χ0) is 18.0. The molecule has 1 aromatic rings. The molecule has 5 nitrogen and oxygen atoms in total. The van der Waals surface area contributed by atoms with Gasteiger partial charge >= 0.3 is 6.36 Å². The topological polar surface area (TPSA) is 61.8 Å². The van der Waals surface area contributed by atoms with Crippen LogP contribution >= 0.6 is 0 Å². The second-order valence-corrected chi connectivity index (χ2v) is 6.59. The summed E-state index contributed by atoms with van der Waals surface area (Å²) < 4.78 is 40.3. The van der Waals surface area contributed by atoms with E-state index in [9.17, 15) is 23.1 Å². The van der Waals surface area contributed by atoms with Crippen molar-refractivity contribution >= 4 is 5.91 Å². The highest BCUT2D eigenvalue weighted by molar-refractivity contribution is 5.94. The van der Waals surface area contributed by atoms with E-state index in [2.05, 4.69) is 15.0 Å². The maximum atomic E-state index is 12.4. The van der Waals surface area contributed by atoms with E-state index in [0.29, 0.717) is 12.1 Å². The number of alkyl halides is 3. The van der Waals surface area contributed by atoms with Crippen LogP contribution in [0, 0.1) is 0 Å². The van der Waals surface area contributed by atoms with Crippen LogP contribution in [-0.4, -0.2) is 53.6 Å². The highest BCUT2D eigenvalue weighted by Gasteiger charge is 2.36. The molecule has 1 saturated carbocycles. The Kier molecular flexibility index (Phi) is 5.19. The quantitative estimate of drug-likeness (QED) is 0.867. The molecule has 0 bridgehead atoms. The van der Waals surface area contributed by atoms with Gasteiger partial charge in [0.15, 0.2) is 0 Å². The maximum Gasteiger partial charge on any atom is 0.573 e. The van der Waals surface area contributed by atoms with E-state index in [1.165, 1.54) is 12.1 Å². The lowest BCUT2D eigenvalue weighted by Gasteiger charge is -2.29. The van der Waals surface area contributed by atoms with E-state index < -0.39 is 6.36 Å². The maximum absolute atomic E-state index is 12.4. The third-order valence-corrected chi connectivity index (χ3v) is 4.81. The predicted molar refractivity (Wildman–Crippen MR) is 84.2 cm³/mol. The number of ether oxygens (including phenoxy) is 1. The molecule has 3 rings (SSSR count). The lowest BCUT2D eigenvalue weighted by molar-refractivity contribution is -0.274. The van der Waals surface area contributed by atoms with E-state index in [1.807, 2.05) is 0 Å². The number of nitrogens with one attached hydrogen (secondary N) is 1. The summed E-state index contributed by atoms with van der Waals surface area (Å²) in [5, 5.41) is 12.7. The smallest absolute Gasteiger partial charge is 0.406 e. The second kappa shape index (κ2) is 7.21. The number of rotatable bonds is 4. The lowest BCUT2D eigenvalue weighted by Crippen LogP contribution is -2.48. The van der Waals surface area contributed by atoms with Crippen LogP contribution in [0.15, 0.2) is 24.3 Å². The van der Waals surface area contributed by atoms with E-state index in [4.69, 9.17) is 0 Å². The summed E-state index contributed by atoms with van der Waals surface area (Å²) in [6.45, 7) is 1.45. The van der Waals surface area contributed by atoms with Crippen molar-refractivity contribution in [1.29, 1.82) is 0 Å². The summed E-state index contributed by atoms with van der Waals surface area (Å²) in [4.78, 5) is 14.6. The van der Waals surface area contributed by atoms with Gasteiger partial charge in [-0.25, -0.2) is 0 Å². The minimum Gasteiger partial charge on any atom is -0.406 e. The highest BCUT2D eigenvalue weighted by Crippen LogP contribution is 2.28. The molecule has 0 spiro atoms. The Morgan fingerprint density at radius 3 is 2.52 bits per heavy atom. The molecule has 3 atom stereocenters. The van der Waals surface area contributed by atoms with Gasteiger partial charge in [0.1, 0.15) is 5.75 Å². The van der Waals surface area contributed by atoms with Crippen LogP contribution in [0.25, 0.3) is 0 Å². The molecule has 0 aromatic heterocycles. The molecule has 1 saturated heterocycles. The minimum atomic E-state index is -4.75. The fourth-order valence-electron chi connectivity index (χ4n) is 3.67. The van der Waals surface area contributed by atoms with Crippen molar-refractivity contribution < 1.29 is 27.8 Å². The second-order valence-electron chi connectivity index (χ2n) is 6.59. The largest absolute Gasteiger partial charge is 0.573 e. The third kappa shape index (κ3) is 4.64. The van der Waals surface area contributed by atoms with Gasteiger partial charge in [0.05, 0.1) is 6.10 Å². The van der Waals surface area contributed by atoms with E-state index in [-0.39, 0.29) is 29.8 Å². The highest BCUT2D eigenvalue weighted by atomic mass is 19.4. The molecular formula is C17H21F3N2O3. The minimum absolute atomic E-state index is 0.0103. The first-order valence-corrected chi connectivity index (χ1v) is 8.40. The standard InChI is InChI=1S/C17H21F3N2O3/c18-17(19,20)25-13-6-4-11(5-7-13)16(24)21-14-2-1-3-15(14)22-9-8-12(23)10-22/h4-7,12,14-15,23H,1-3,8-10H2,(H,21,24)/t12?,14-,15+/m1/s1. The molecular weight excluding hydrogens is 337 g/mol. The number of likely N-dealkylation sites (tertiary alicyclic amines) is 1. The van der Waals surface area contributed by atoms with E-state index >= 15 is 0 Å². The Morgan fingerprint density at radius 2 is 1.92 bits per heavy atom. The molecule has 2 fully saturated rings. The van der Waals surface area contributed by atoms with Crippen molar-refractivity contribution in [3.05, 3.63) is 29.8 Å². The van der Waals surface area contributed by atoms with Gasteiger partial charge in [-0.2, -0.15) is 0 Å². The van der Waals surface area contributed by atoms with Crippen molar-refractivity contribution in [1.82, 2.24) is 10.2 Å². The fraction of sp³-hybridized carbons (Fsp3) is 0.588. The number of aliphatic hydroxyl groups excluding tert-OH is 1. The Morgan fingerprint density at radius 1 is 1.20 bits per heavy atom. The molecule has 1 aliphatic heterocycles. The molecule has 1 heterocycles.